The summed E-state index contributed by atoms with van der Waals surface area (Å²) in [6.07, 6.45) is -2.25. The molecule has 0 radical (unpaired) electrons. The van der Waals surface area contributed by atoms with Crippen LogP contribution in [0.2, 0.25) is 0 Å². The number of hydrogen-bond donors (Lipinski definition) is 0. The van der Waals surface area contributed by atoms with Gasteiger partial charge in [-0.15, -0.1) is 0 Å². The van der Waals surface area contributed by atoms with Gasteiger partial charge >= 0.3 is 0 Å². The SMILES string of the molecule is FC(F)CN1CCOCC1CBr. The van der Waals surface area contributed by atoms with Gasteiger partial charge in [-0.25, -0.2) is 8.78 Å². The average molecular weight is 244 g/mol. The number of hydrogen-bond acceptors (Lipinski definition) is 2. The molecule has 0 bridgehead atoms. The quantitative estimate of drug-likeness (QED) is 0.695. The lowest BCUT2D eigenvalue weighted by atomic mass is 10.2. The van der Waals surface area contributed by atoms with Crippen molar-refractivity contribution in [3.05, 3.63) is 0 Å². The Kier molecular flexibility index (Phi) is 4.39. The van der Waals surface area contributed by atoms with Gasteiger partial charge in [0.1, 0.15) is 0 Å². The number of morpholine rings is 1. The molecular formula is C7H12BrF2NO. The third-order valence-electron chi connectivity index (χ3n) is 1.90. The molecule has 0 aromatic rings. The van der Waals surface area contributed by atoms with Gasteiger partial charge in [-0.1, -0.05) is 15.9 Å². The van der Waals surface area contributed by atoms with E-state index in [0.29, 0.717) is 25.1 Å². The van der Waals surface area contributed by atoms with Gasteiger partial charge in [0.25, 0.3) is 6.43 Å². The molecule has 1 unspecified atom stereocenters. The zero-order chi connectivity index (χ0) is 8.97. The first-order valence-electron chi connectivity index (χ1n) is 3.90. The molecule has 5 heteroatoms. The lowest BCUT2D eigenvalue weighted by Crippen LogP contribution is -2.48. The molecule has 1 rings (SSSR count). The highest BCUT2D eigenvalue weighted by Crippen LogP contribution is 2.11. The Labute approximate surface area is 79.0 Å². The Hall–Kier alpha value is 0.260. The van der Waals surface area contributed by atoms with Crippen LogP contribution < -0.4 is 0 Å². The van der Waals surface area contributed by atoms with Crippen LogP contribution in [-0.4, -0.2) is 49.0 Å². The fourth-order valence-corrected chi connectivity index (χ4v) is 1.85. The van der Waals surface area contributed by atoms with Crippen molar-refractivity contribution < 1.29 is 13.5 Å². The number of halogens is 3. The minimum atomic E-state index is -2.25. The van der Waals surface area contributed by atoms with Crippen molar-refractivity contribution in [1.82, 2.24) is 4.90 Å². The van der Waals surface area contributed by atoms with E-state index in [1.54, 1.807) is 4.90 Å². The van der Waals surface area contributed by atoms with E-state index in [1.807, 2.05) is 0 Å². The van der Waals surface area contributed by atoms with Crippen molar-refractivity contribution in [2.24, 2.45) is 0 Å². The van der Waals surface area contributed by atoms with Gasteiger partial charge in [-0.05, 0) is 0 Å². The Morgan fingerprint density at radius 3 is 2.92 bits per heavy atom. The maximum Gasteiger partial charge on any atom is 0.251 e. The highest BCUT2D eigenvalue weighted by atomic mass is 79.9. The summed E-state index contributed by atoms with van der Waals surface area (Å²) in [6, 6.07) is 0.104. The molecule has 2 nitrogen and oxygen atoms in total. The van der Waals surface area contributed by atoms with Crippen LogP contribution in [0.25, 0.3) is 0 Å². The molecule has 0 spiro atoms. The Morgan fingerprint density at radius 1 is 1.58 bits per heavy atom. The summed E-state index contributed by atoms with van der Waals surface area (Å²) in [5, 5.41) is 0.694. The third-order valence-corrected chi connectivity index (χ3v) is 2.65. The van der Waals surface area contributed by atoms with Crippen molar-refractivity contribution in [2.75, 3.05) is 31.6 Å². The Balaban J connectivity index is 2.36. The van der Waals surface area contributed by atoms with Crippen molar-refractivity contribution in [2.45, 2.75) is 12.5 Å². The Bertz CT molecular complexity index is 137. The smallest absolute Gasteiger partial charge is 0.251 e. The molecule has 0 saturated carbocycles. The lowest BCUT2D eigenvalue weighted by Gasteiger charge is -2.34. The highest BCUT2D eigenvalue weighted by Gasteiger charge is 2.24. The van der Waals surface area contributed by atoms with E-state index in [0.717, 1.165) is 0 Å². The summed E-state index contributed by atoms with van der Waals surface area (Å²) in [5.41, 5.74) is 0. The van der Waals surface area contributed by atoms with Gasteiger partial charge in [-0.3, -0.25) is 4.90 Å². The van der Waals surface area contributed by atoms with Crippen LogP contribution in [0.3, 0.4) is 0 Å². The van der Waals surface area contributed by atoms with Crippen LogP contribution >= 0.6 is 15.9 Å². The van der Waals surface area contributed by atoms with E-state index in [-0.39, 0.29) is 12.6 Å². The van der Waals surface area contributed by atoms with Gasteiger partial charge in [-0.2, -0.15) is 0 Å². The molecule has 12 heavy (non-hydrogen) atoms. The number of rotatable bonds is 3. The second-order valence-electron chi connectivity index (χ2n) is 2.77. The minimum Gasteiger partial charge on any atom is -0.378 e. The second kappa shape index (κ2) is 5.09. The molecular weight excluding hydrogens is 232 g/mol. The van der Waals surface area contributed by atoms with Gasteiger partial charge in [0, 0.05) is 17.9 Å². The van der Waals surface area contributed by atoms with Crippen LogP contribution in [0, 0.1) is 0 Å². The monoisotopic (exact) mass is 243 g/mol. The highest BCUT2D eigenvalue weighted by molar-refractivity contribution is 9.09. The summed E-state index contributed by atoms with van der Waals surface area (Å²) in [6.45, 7) is 1.59. The van der Waals surface area contributed by atoms with Gasteiger partial charge in [0.05, 0.1) is 19.8 Å². The molecule has 1 aliphatic rings. The fourth-order valence-electron chi connectivity index (χ4n) is 1.25. The van der Waals surface area contributed by atoms with E-state index in [2.05, 4.69) is 15.9 Å². The molecule has 0 aromatic carbocycles. The van der Waals surface area contributed by atoms with E-state index < -0.39 is 6.43 Å². The first-order valence-corrected chi connectivity index (χ1v) is 5.02. The van der Waals surface area contributed by atoms with Crippen molar-refractivity contribution in [1.29, 1.82) is 0 Å². The van der Waals surface area contributed by atoms with Gasteiger partial charge in [0.2, 0.25) is 0 Å². The Morgan fingerprint density at radius 2 is 2.33 bits per heavy atom. The van der Waals surface area contributed by atoms with Crippen LogP contribution in [0.1, 0.15) is 0 Å². The van der Waals surface area contributed by atoms with Crippen LogP contribution in [0.4, 0.5) is 8.78 Å². The number of alkyl halides is 3. The second-order valence-corrected chi connectivity index (χ2v) is 3.42. The normalized spacial score (nSPS) is 26.5. The first kappa shape index (κ1) is 10.3. The van der Waals surface area contributed by atoms with Crippen molar-refractivity contribution in [3.8, 4) is 0 Å². The minimum absolute atomic E-state index is 0.104. The molecule has 1 heterocycles. The zero-order valence-electron chi connectivity index (χ0n) is 6.68. The molecule has 1 atom stereocenters. The average Bonchev–Trinajstić information content (AvgIpc) is 2.04. The first-order chi connectivity index (χ1) is 5.74. The summed E-state index contributed by atoms with van der Waals surface area (Å²) in [4.78, 5) is 1.77. The maximum atomic E-state index is 12.0. The van der Waals surface area contributed by atoms with Crippen LogP contribution in [-0.2, 0) is 4.74 Å². The molecule has 0 N–H and O–H groups in total. The maximum absolute atomic E-state index is 12.0. The molecule has 1 aliphatic heterocycles. The predicted molar refractivity (Wildman–Crippen MR) is 46.0 cm³/mol. The summed E-state index contributed by atoms with van der Waals surface area (Å²) >= 11 is 3.27. The van der Waals surface area contributed by atoms with E-state index >= 15 is 0 Å². The lowest BCUT2D eigenvalue weighted by molar-refractivity contribution is -0.0243. The molecule has 72 valence electrons. The van der Waals surface area contributed by atoms with E-state index in [9.17, 15) is 8.78 Å². The largest absolute Gasteiger partial charge is 0.378 e. The summed E-state index contributed by atoms with van der Waals surface area (Å²) in [7, 11) is 0. The molecule has 1 saturated heterocycles. The molecule has 0 aromatic heterocycles. The van der Waals surface area contributed by atoms with Crippen LogP contribution in [0.15, 0.2) is 0 Å². The number of nitrogens with zero attached hydrogens (tertiary/aromatic N) is 1. The molecule has 0 amide bonds. The third kappa shape index (κ3) is 2.95. The van der Waals surface area contributed by atoms with E-state index in [1.165, 1.54) is 0 Å². The number of ether oxygens (including phenoxy) is 1. The van der Waals surface area contributed by atoms with Crippen LogP contribution in [0.5, 0.6) is 0 Å². The van der Waals surface area contributed by atoms with Crippen molar-refractivity contribution in [3.63, 3.8) is 0 Å². The van der Waals surface area contributed by atoms with Gasteiger partial charge in [0.15, 0.2) is 0 Å². The van der Waals surface area contributed by atoms with Gasteiger partial charge < -0.3 is 4.74 Å². The predicted octanol–water partition coefficient (Wildman–Crippen LogP) is 1.35. The topological polar surface area (TPSA) is 12.5 Å². The fraction of sp³-hybridized carbons (Fsp3) is 1.00. The zero-order valence-corrected chi connectivity index (χ0v) is 8.27. The standard InChI is InChI=1S/C7H12BrF2NO/c8-3-6-5-12-2-1-11(6)4-7(9)10/h6-7H,1-5H2. The summed E-state index contributed by atoms with van der Waals surface area (Å²) < 4.78 is 29.2. The molecule has 1 fully saturated rings. The summed E-state index contributed by atoms with van der Waals surface area (Å²) in [5.74, 6) is 0. The molecule has 0 aliphatic carbocycles. The van der Waals surface area contributed by atoms with Crippen molar-refractivity contribution >= 4 is 15.9 Å². The van der Waals surface area contributed by atoms with E-state index in [4.69, 9.17) is 4.74 Å².